The van der Waals surface area contributed by atoms with E-state index >= 15 is 0 Å². The maximum atomic E-state index is 8.62. The number of aliphatic hydroxyl groups excluding tert-OH is 1. The Hall–Kier alpha value is -1.75. The molecule has 98 valence electrons. The molecular weight excluding hydrogens is 280 g/mol. The van der Waals surface area contributed by atoms with Crippen LogP contribution < -0.4 is 11.5 Å². The van der Waals surface area contributed by atoms with E-state index in [1.165, 1.54) is 17.8 Å². The first-order valence-corrected chi connectivity index (χ1v) is 7.24. The highest BCUT2D eigenvalue weighted by Crippen LogP contribution is 2.25. The molecule has 0 unspecified atom stereocenters. The molecule has 2 aromatic heterocycles. The van der Waals surface area contributed by atoms with Crippen LogP contribution in [-0.2, 0) is 5.75 Å². The van der Waals surface area contributed by atoms with Crippen LogP contribution in [-0.4, -0.2) is 21.7 Å². The lowest BCUT2D eigenvalue weighted by Gasteiger charge is -2.01. The molecule has 0 saturated carbocycles. The second-order valence-corrected chi connectivity index (χ2v) is 5.49. The second-order valence-electron chi connectivity index (χ2n) is 3.55. The fourth-order valence-electron chi connectivity index (χ4n) is 1.33. The minimum Gasteiger partial charge on any atom is -0.384 e. The topological polar surface area (TPSA) is 98.1 Å². The first-order chi connectivity index (χ1) is 9.17. The number of aromatic nitrogens is 2. The molecule has 0 spiro atoms. The fraction of sp³-hybridized carbons (Fsp3) is 0.167. The smallest absolute Gasteiger partial charge is 0.191 e. The van der Waals surface area contributed by atoms with Crippen molar-refractivity contribution >= 4 is 34.7 Å². The van der Waals surface area contributed by atoms with Gasteiger partial charge in [-0.15, -0.1) is 11.3 Å². The largest absolute Gasteiger partial charge is 0.384 e. The van der Waals surface area contributed by atoms with Gasteiger partial charge in [0.1, 0.15) is 18.2 Å². The molecule has 0 saturated heterocycles. The number of anilines is 2. The van der Waals surface area contributed by atoms with Crippen LogP contribution >= 0.6 is 23.1 Å². The summed E-state index contributed by atoms with van der Waals surface area (Å²) in [7, 11) is 0. The number of nitrogens with two attached hydrogens (primary N) is 2. The summed E-state index contributed by atoms with van der Waals surface area (Å²) in [4.78, 5) is 9.35. The van der Waals surface area contributed by atoms with Gasteiger partial charge in [-0.25, -0.2) is 9.97 Å². The predicted octanol–water partition coefficient (Wildman–Crippen LogP) is 1.34. The maximum Gasteiger partial charge on any atom is 0.191 e. The van der Waals surface area contributed by atoms with Crippen molar-refractivity contribution in [1.29, 1.82) is 0 Å². The van der Waals surface area contributed by atoms with E-state index in [2.05, 4.69) is 21.8 Å². The van der Waals surface area contributed by atoms with Gasteiger partial charge in [0, 0.05) is 27.6 Å². The van der Waals surface area contributed by atoms with Crippen molar-refractivity contribution < 1.29 is 5.11 Å². The Balaban J connectivity index is 2.00. The molecule has 0 aromatic carbocycles. The van der Waals surface area contributed by atoms with Crippen molar-refractivity contribution in [3.8, 4) is 11.8 Å². The zero-order valence-electron chi connectivity index (χ0n) is 9.96. The van der Waals surface area contributed by atoms with E-state index in [1.807, 2.05) is 11.4 Å². The molecule has 7 heteroatoms. The molecule has 2 aromatic rings. The van der Waals surface area contributed by atoms with Gasteiger partial charge in [0.25, 0.3) is 0 Å². The molecule has 0 radical (unpaired) electrons. The number of aliphatic hydroxyl groups is 1. The summed E-state index contributed by atoms with van der Waals surface area (Å²) < 4.78 is 0. The standard InChI is InChI=1S/C12H12N4OS2/c13-10-5-11(14)16-12(15-10)19-7-9-4-8(6-18-9)2-1-3-17/h4-6,17H,3,7H2,(H4,13,14,15,16). The summed E-state index contributed by atoms with van der Waals surface area (Å²) >= 11 is 3.07. The minimum atomic E-state index is -0.129. The number of nitrogen functional groups attached to an aromatic ring is 2. The summed E-state index contributed by atoms with van der Waals surface area (Å²) in [6, 6.07) is 3.51. The molecular formula is C12H12N4OS2. The third kappa shape index (κ3) is 4.13. The van der Waals surface area contributed by atoms with Gasteiger partial charge in [0.15, 0.2) is 5.16 Å². The Bertz CT molecular complexity index is 610. The quantitative estimate of drug-likeness (QED) is 0.448. The lowest BCUT2D eigenvalue weighted by molar-refractivity contribution is 0.350. The highest BCUT2D eigenvalue weighted by atomic mass is 32.2. The van der Waals surface area contributed by atoms with E-state index in [9.17, 15) is 0 Å². The summed E-state index contributed by atoms with van der Waals surface area (Å²) in [6.07, 6.45) is 0. The highest BCUT2D eigenvalue weighted by Gasteiger charge is 2.04. The lowest BCUT2D eigenvalue weighted by Crippen LogP contribution is -1.99. The number of rotatable bonds is 3. The number of thioether (sulfide) groups is 1. The van der Waals surface area contributed by atoms with Crippen molar-refractivity contribution in [2.45, 2.75) is 10.9 Å². The summed E-state index contributed by atoms with van der Waals surface area (Å²) in [6.45, 7) is -0.129. The van der Waals surface area contributed by atoms with Crippen LogP contribution in [0, 0.1) is 11.8 Å². The van der Waals surface area contributed by atoms with Crippen LogP contribution in [0.1, 0.15) is 10.4 Å². The van der Waals surface area contributed by atoms with Crippen LogP contribution in [0.4, 0.5) is 11.6 Å². The van der Waals surface area contributed by atoms with Crippen molar-refractivity contribution in [3.63, 3.8) is 0 Å². The van der Waals surface area contributed by atoms with Crippen molar-refractivity contribution in [2.24, 2.45) is 0 Å². The molecule has 0 aliphatic heterocycles. The Morgan fingerprint density at radius 3 is 2.68 bits per heavy atom. The zero-order chi connectivity index (χ0) is 13.7. The minimum absolute atomic E-state index is 0.129. The second kappa shape index (κ2) is 6.43. The molecule has 5 N–H and O–H groups in total. The Morgan fingerprint density at radius 1 is 1.26 bits per heavy atom. The fourth-order valence-corrected chi connectivity index (χ4v) is 3.07. The first kappa shape index (κ1) is 13.7. The molecule has 0 amide bonds. The van der Waals surface area contributed by atoms with Gasteiger partial charge in [0.05, 0.1) is 0 Å². The molecule has 0 fully saturated rings. The summed E-state index contributed by atoms with van der Waals surface area (Å²) in [5.41, 5.74) is 12.1. The monoisotopic (exact) mass is 292 g/mol. The van der Waals surface area contributed by atoms with Crippen LogP contribution in [0.25, 0.3) is 0 Å². The van der Waals surface area contributed by atoms with E-state index in [4.69, 9.17) is 16.6 Å². The number of hydrogen-bond donors (Lipinski definition) is 3. The highest BCUT2D eigenvalue weighted by molar-refractivity contribution is 7.98. The Kier molecular flexibility index (Phi) is 4.63. The van der Waals surface area contributed by atoms with E-state index in [0.717, 1.165) is 16.2 Å². The van der Waals surface area contributed by atoms with Gasteiger partial charge < -0.3 is 16.6 Å². The van der Waals surface area contributed by atoms with E-state index in [0.29, 0.717) is 16.8 Å². The van der Waals surface area contributed by atoms with Crippen LogP contribution in [0.3, 0.4) is 0 Å². The Morgan fingerprint density at radius 2 is 2.00 bits per heavy atom. The molecule has 2 rings (SSSR count). The molecule has 5 nitrogen and oxygen atoms in total. The van der Waals surface area contributed by atoms with Gasteiger partial charge in [-0.3, -0.25) is 0 Å². The molecule has 2 heterocycles. The normalized spacial score (nSPS) is 9.95. The summed E-state index contributed by atoms with van der Waals surface area (Å²) in [5.74, 6) is 6.95. The average molecular weight is 292 g/mol. The van der Waals surface area contributed by atoms with E-state index < -0.39 is 0 Å². The molecule has 19 heavy (non-hydrogen) atoms. The maximum absolute atomic E-state index is 8.62. The third-order valence-corrected chi connectivity index (χ3v) is 4.07. The van der Waals surface area contributed by atoms with Gasteiger partial charge >= 0.3 is 0 Å². The van der Waals surface area contributed by atoms with Crippen LogP contribution in [0.5, 0.6) is 0 Å². The van der Waals surface area contributed by atoms with Crippen LogP contribution in [0.2, 0.25) is 0 Å². The summed E-state index contributed by atoms with van der Waals surface area (Å²) in [5, 5.41) is 11.1. The molecule has 0 aliphatic carbocycles. The first-order valence-electron chi connectivity index (χ1n) is 5.37. The van der Waals surface area contributed by atoms with Gasteiger partial charge in [-0.1, -0.05) is 23.6 Å². The predicted molar refractivity (Wildman–Crippen MR) is 78.7 cm³/mol. The van der Waals surface area contributed by atoms with Crippen molar-refractivity contribution in [2.75, 3.05) is 18.1 Å². The van der Waals surface area contributed by atoms with E-state index in [-0.39, 0.29) is 6.61 Å². The van der Waals surface area contributed by atoms with Crippen molar-refractivity contribution in [1.82, 2.24) is 9.97 Å². The number of hydrogen-bond acceptors (Lipinski definition) is 7. The van der Waals surface area contributed by atoms with Crippen LogP contribution in [0.15, 0.2) is 22.7 Å². The zero-order valence-corrected chi connectivity index (χ0v) is 11.6. The van der Waals surface area contributed by atoms with E-state index in [1.54, 1.807) is 11.3 Å². The molecule has 0 atom stereocenters. The number of thiophene rings is 1. The van der Waals surface area contributed by atoms with Gasteiger partial charge in [-0.05, 0) is 6.07 Å². The lowest BCUT2D eigenvalue weighted by atomic mass is 10.3. The van der Waals surface area contributed by atoms with Gasteiger partial charge in [0.2, 0.25) is 0 Å². The van der Waals surface area contributed by atoms with Crippen molar-refractivity contribution in [3.05, 3.63) is 28.0 Å². The Labute approximate surface area is 119 Å². The molecule has 0 aliphatic rings. The average Bonchev–Trinajstić information content (AvgIpc) is 2.81. The third-order valence-electron chi connectivity index (χ3n) is 2.05. The molecule has 0 bridgehead atoms. The number of nitrogens with zero attached hydrogens (tertiary/aromatic N) is 2. The SMILES string of the molecule is Nc1cc(N)nc(SCc2cc(C#CCO)cs2)n1. The van der Waals surface area contributed by atoms with Gasteiger partial charge in [-0.2, -0.15) is 0 Å².